The molecule has 1 aliphatic heterocycles. The van der Waals surface area contributed by atoms with Gasteiger partial charge in [0.2, 0.25) is 0 Å². The minimum atomic E-state index is -0.110. The van der Waals surface area contributed by atoms with Gasteiger partial charge in [-0.25, -0.2) is 4.99 Å². The molecule has 0 radical (unpaired) electrons. The van der Waals surface area contributed by atoms with Crippen LogP contribution in [-0.4, -0.2) is 42.5 Å². The maximum absolute atomic E-state index is 12.5. The fraction of sp³-hybridized carbons (Fsp3) is 0.381. The number of allylic oxidation sites excluding steroid dienone is 3. The summed E-state index contributed by atoms with van der Waals surface area (Å²) in [6, 6.07) is 5.78. The number of Topliss-reactive ketones (excluding diaryl/α,β-unsaturated/α-hetero) is 1. The molecule has 1 amide bonds. The Balaban J connectivity index is 1.93. The summed E-state index contributed by atoms with van der Waals surface area (Å²) in [5, 5.41) is 0. The lowest BCUT2D eigenvalue weighted by molar-refractivity contribution is -0.124. The summed E-state index contributed by atoms with van der Waals surface area (Å²) in [5.41, 5.74) is 4.71. The SMILES string of the molecule is CC1=C(C(=O)N(C)C)N=C(/C=C2\C(=O)Cc3ccc(OC(C)C)cc32)C1. The third-order valence-corrected chi connectivity index (χ3v) is 4.42. The quantitative estimate of drug-likeness (QED) is 0.782. The largest absolute Gasteiger partial charge is 0.491 e. The second kappa shape index (κ2) is 6.90. The van der Waals surface area contributed by atoms with Crippen molar-refractivity contribution in [3.8, 4) is 5.75 Å². The van der Waals surface area contributed by atoms with E-state index in [2.05, 4.69) is 4.99 Å². The van der Waals surface area contributed by atoms with Gasteiger partial charge in [0.25, 0.3) is 5.91 Å². The Morgan fingerprint density at radius 3 is 2.65 bits per heavy atom. The number of rotatable bonds is 4. The molecular formula is C21H24N2O3. The second-order valence-corrected chi connectivity index (χ2v) is 7.25. The monoisotopic (exact) mass is 352 g/mol. The average Bonchev–Trinajstić information content (AvgIpc) is 3.07. The van der Waals surface area contributed by atoms with E-state index in [4.69, 9.17) is 4.74 Å². The number of carbonyl (C=O) groups excluding carboxylic acids is 2. The maximum Gasteiger partial charge on any atom is 0.271 e. The molecule has 136 valence electrons. The Bertz CT molecular complexity index is 873. The first-order valence-electron chi connectivity index (χ1n) is 8.80. The highest BCUT2D eigenvalue weighted by molar-refractivity contribution is 6.29. The Hall–Kier alpha value is -2.69. The molecule has 1 aromatic carbocycles. The summed E-state index contributed by atoms with van der Waals surface area (Å²) in [7, 11) is 3.42. The molecule has 0 fully saturated rings. The van der Waals surface area contributed by atoms with E-state index in [1.165, 1.54) is 4.90 Å². The topological polar surface area (TPSA) is 59.0 Å². The molecule has 3 rings (SSSR count). The molecule has 0 saturated carbocycles. The van der Waals surface area contributed by atoms with Crippen molar-refractivity contribution in [1.82, 2.24) is 4.90 Å². The van der Waals surface area contributed by atoms with Crippen LogP contribution in [0.15, 0.2) is 40.5 Å². The molecule has 0 bridgehead atoms. The van der Waals surface area contributed by atoms with Crippen molar-refractivity contribution in [3.63, 3.8) is 0 Å². The van der Waals surface area contributed by atoms with Gasteiger partial charge in [0.1, 0.15) is 11.4 Å². The zero-order valence-corrected chi connectivity index (χ0v) is 15.9. The first kappa shape index (κ1) is 18.1. The minimum Gasteiger partial charge on any atom is -0.491 e. The van der Waals surface area contributed by atoms with Crippen LogP contribution in [0.2, 0.25) is 0 Å². The highest BCUT2D eigenvalue weighted by atomic mass is 16.5. The summed E-state index contributed by atoms with van der Waals surface area (Å²) >= 11 is 0. The van der Waals surface area contributed by atoms with Gasteiger partial charge >= 0.3 is 0 Å². The van der Waals surface area contributed by atoms with Gasteiger partial charge in [0, 0.05) is 38.2 Å². The number of carbonyl (C=O) groups is 2. The summed E-state index contributed by atoms with van der Waals surface area (Å²) in [5.74, 6) is 0.724. The number of benzene rings is 1. The van der Waals surface area contributed by atoms with Crippen molar-refractivity contribution < 1.29 is 14.3 Å². The molecule has 5 heteroatoms. The van der Waals surface area contributed by atoms with Crippen LogP contribution in [0.5, 0.6) is 5.75 Å². The highest BCUT2D eigenvalue weighted by Gasteiger charge is 2.27. The Labute approximate surface area is 154 Å². The van der Waals surface area contributed by atoms with Crippen molar-refractivity contribution in [2.24, 2.45) is 4.99 Å². The Kier molecular flexibility index (Phi) is 4.81. The van der Waals surface area contributed by atoms with Crippen molar-refractivity contribution in [2.45, 2.75) is 39.7 Å². The van der Waals surface area contributed by atoms with E-state index < -0.39 is 0 Å². The number of hydrogen-bond acceptors (Lipinski definition) is 4. The summed E-state index contributed by atoms with van der Waals surface area (Å²) in [6.07, 6.45) is 2.88. The first-order valence-corrected chi connectivity index (χ1v) is 8.80. The van der Waals surface area contributed by atoms with Gasteiger partial charge in [-0.3, -0.25) is 9.59 Å². The van der Waals surface area contributed by atoms with Crippen LogP contribution >= 0.6 is 0 Å². The van der Waals surface area contributed by atoms with Crippen LogP contribution in [-0.2, 0) is 16.0 Å². The van der Waals surface area contributed by atoms with Crippen molar-refractivity contribution in [1.29, 1.82) is 0 Å². The molecular weight excluding hydrogens is 328 g/mol. The van der Waals surface area contributed by atoms with Crippen molar-refractivity contribution in [3.05, 3.63) is 46.7 Å². The molecule has 0 spiro atoms. The molecule has 1 aliphatic carbocycles. The first-order chi connectivity index (χ1) is 12.3. The number of likely N-dealkylation sites (N-methyl/N-ethyl adjacent to an activating group) is 1. The van der Waals surface area contributed by atoms with Gasteiger partial charge in [-0.15, -0.1) is 0 Å². The fourth-order valence-corrected chi connectivity index (χ4v) is 3.21. The molecule has 0 N–H and O–H groups in total. The predicted octanol–water partition coefficient (Wildman–Crippen LogP) is 3.19. The van der Waals surface area contributed by atoms with Crippen LogP contribution in [0, 0.1) is 0 Å². The van der Waals surface area contributed by atoms with Crippen LogP contribution in [0.4, 0.5) is 0 Å². The maximum atomic E-state index is 12.5. The standard InChI is InChI=1S/C21H24N2O3/c1-12(2)26-16-7-6-14-9-19(24)18(17(14)11-16)10-15-8-13(3)20(22-15)21(25)23(4)5/h6-7,10-12H,8-9H2,1-5H3/b18-10-. The lowest BCUT2D eigenvalue weighted by Crippen LogP contribution is -2.22. The smallest absolute Gasteiger partial charge is 0.271 e. The second-order valence-electron chi connectivity index (χ2n) is 7.25. The third-order valence-electron chi connectivity index (χ3n) is 4.42. The molecule has 0 atom stereocenters. The van der Waals surface area contributed by atoms with E-state index in [0.717, 1.165) is 28.2 Å². The molecule has 26 heavy (non-hydrogen) atoms. The normalized spacial score (nSPS) is 17.8. The number of ketones is 1. The van der Waals surface area contributed by atoms with Gasteiger partial charge in [0.15, 0.2) is 5.78 Å². The zero-order valence-electron chi connectivity index (χ0n) is 15.9. The van der Waals surface area contributed by atoms with E-state index in [1.807, 2.05) is 45.0 Å². The van der Waals surface area contributed by atoms with E-state index in [9.17, 15) is 9.59 Å². The number of nitrogens with zero attached hydrogens (tertiary/aromatic N) is 2. The van der Waals surface area contributed by atoms with Crippen LogP contribution < -0.4 is 4.74 Å². The van der Waals surface area contributed by atoms with Crippen LogP contribution in [0.1, 0.15) is 38.3 Å². The molecule has 5 nitrogen and oxygen atoms in total. The van der Waals surface area contributed by atoms with Crippen molar-refractivity contribution in [2.75, 3.05) is 14.1 Å². The van der Waals surface area contributed by atoms with Gasteiger partial charge in [-0.05, 0) is 55.7 Å². The lowest BCUT2D eigenvalue weighted by Gasteiger charge is -2.11. The summed E-state index contributed by atoms with van der Waals surface area (Å²) < 4.78 is 5.76. The predicted molar refractivity (Wildman–Crippen MR) is 102 cm³/mol. The van der Waals surface area contributed by atoms with Gasteiger partial charge in [0.05, 0.1) is 6.10 Å². The third kappa shape index (κ3) is 3.47. The lowest BCUT2D eigenvalue weighted by atomic mass is 10.0. The Morgan fingerprint density at radius 1 is 1.27 bits per heavy atom. The number of ether oxygens (including phenoxy) is 1. The molecule has 0 unspecified atom stereocenters. The number of aliphatic imine (C=N–C) groups is 1. The van der Waals surface area contributed by atoms with E-state index in [1.54, 1.807) is 14.1 Å². The number of hydrogen-bond donors (Lipinski definition) is 0. The van der Waals surface area contributed by atoms with E-state index in [-0.39, 0.29) is 17.8 Å². The Morgan fingerprint density at radius 2 is 2.00 bits per heavy atom. The van der Waals surface area contributed by atoms with E-state index in [0.29, 0.717) is 24.1 Å². The molecule has 0 saturated heterocycles. The van der Waals surface area contributed by atoms with Crippen LogP contribution in [0.25, 0.3) is 5.57 Å². The fourth-order valence-electron chi connectivity index (χ4n) is 3.21. The van der Waals surface area contributed by atoms with Crippen molar-refractivity contribution >= 4 is 23.0 Å². The summed E-state index contributed by atoms with van der Waals surface area (Å²) in [4.78, 5) is 30.7. The molecule has 1 heterocycles. The number of amides is 1. The molecule has 0 aromatic heterocycles. The highest BCUT2D eigenvalue weighted by Crippen LogP contribution is 2.34. The van der Waals surface area contributed by atoms with Crippen LogP contribution in [0.3, 0.4) is 0 Å². The summed E-state index contributed by atoms with van der Waals surface area (Å²) in [6.45, 7) is 5.85. The molecule has 2 aliphatic rings. The van der Waals surface area contributed by atoms with E-state index >= 15 is 0 Å². The number of fused-ring (bicyclic) bond motifs is 1. The minimum absolute atomic E-state index is 0.0724. The molecule has 1 aromatic rings. The van der Waals surface area contributed by atoms with Gasteiger partial charge in [-0.1, -0.05) is 6.07 Å². The van der Waals surface area contributed by atoms with Gasteiger partial charge in [-0.2, -0.15) is 0 Å². The average molecular weight is 352 g/mol. The zero-order chi connectivity index (χ0) is 19.0. The van der Waals surface area contributed by atoms with Gasteiger partial charge < -0.3 is 9.64 Å².